The Labute approximate surface area is 183 Å². The van der Waals surface area contributed by atoms with Crippen molar-refractivity contribution < 1.29 is 14.3 Å². The van der Waals surface area contributed by atoms with E-state index in [4.69, 9.17) is 4.74 Å². The largest absolute Gasteiger partial charge is 0.488 e. The third kappa shape index (κ3) is 4.28. The van der Waals surface area contributed by atoms with Crippen molar-refractivity contribution in [2.45, 2.75) is 13.5 Å². The van der Waals surface area contributed by atoms with Gasteiger partial charge < -0.3 is 4.74 Å². The topological polar surface area (TPSA) is 58.6 Å². The molecule has 0 unspecified atom stereocenters. The van der Waals surface area contributed by atoms with Gasteiger partial charge in [0.25, 0.3) is 11.8 Å². The van der Waals surface area contributed by atoms with E-state index in [-0.39, 0.29) is 11.5 Å². The summed E-state index contributed by atoms with van der Waals surface area (Å²) in [4.78, 5) is 25.0. The molecule has 0 aliphatic carbocycles. The summed E-state index contributed by atoms with van der Waals surface area (Å²) in [5.41, 5.74) is 6.29. The molecule has 0 aromatic heterocycles. The molecule has 5 nitrogen and oxygen atoms in total. The van der Waals surface area contributed by atoms with Crippen molar-refractivity contribution in [1.82, 2.24) is 5.43 Å². The van der Waals surface area contributed by atoms with Crippen molar-refractivity contribution in [3.63, 3.8) is 0 Å². The van der Waals surface area contributed by atoms with E-state index in [1.54, 1.807) is 18.2 Å². The molecule has 0 spiro atoms. The van der Waals surface area contributed by atoms with Crippen LogP contribution < -0.4 is 15.2 Å². The molecule has 1 aliphatic heterocycles. The molecule has 2 amide bonds. The van der Waals surface area contributed by atoms with E-state index in [2.05, 4.69) is 21.4 Å². The maximum Gasteiger partial charge on any atom is 0.282 e. The number of halogens is 1. The Kier molecular flexibility index (Phi) is 5.68. The summed E-state index contributed by atoms with van der Waals surface area (Å²) in [5, 5.41) is 1.25. The number of amides is 2. The van der Waals surface area contributed by atoms with E-state index in [0.29, 0.717) is 18.0 Å². The van der Waals surface area contributed by atoms with E-state index in [1.165, 1.54) is 10.6 Å². The number of hydrazine groups is 1. The second kappa shape index (κ2) is 8.55. The number of para-hydroxylation sites is 1. The van der Waals surface area contributed by atoms with Crippen molar-refractivity contribution >= 4 is 39.5 Å². The molecule has 1 aliphatic rings. The van der Waals surface area contributed by atoms with E-state index < -0.39 is 5.91 Å². The summed E-state index contributed by atoms with van der Waals surface area (Å²) in [6.07, 6.45) is 1.58. The number of anilines is 1. The third-order valence-electron chi connectivity index (χ3n) is 4.69. The third-order valence-corrected chi connectivity index (χ3v) is 5.31. The maximum absolute atomic E-state index is 12.7. The second-order valence-electron chi connectivity index (χ2n) is 6.94. The summed E-state index contributed by atoms with van der Waals surface area (Å²) in [7, 11) is 0. The van der Waals surface area contributed by atoms with E-state index in [1.807, 2.05) is 67.6 Å². The first kappa shape index (κ1) is 19.9. The number of rotatable bonds is 5. The van der Waals surface area contributed by atoms with Crippen LogP contribution >= 0.6 is 15.9 Å². The van der Waals surface area contributed by atoms with Crippen molar-refractivity contribution in [1.29, 1.82) is 0 Å². The highest BCUT2D eigenvalue weighted by molar-refractivity contribution is 9.10. The zero-order valence-corrected chi connectivity index (χ0v) is 17.8. The van der Waals surface area contributed by atoms with Gasteiger partial charge in [0, 0.05) is 0 Å². The van der Waals surface area contributed by atoms with E-state index in [0.717, 1.165) is 15.6 Å². The summed E-state index contributed by atoms with van der Waals surface area (Å²) < 4.78 is 6.63. The van der Waals surface area contributed by atoms with Crippen LogP contribution in [-0.4, -0.2) is 11.8 Å². The first-order valence-corrected chi connectivity index (χ1v) is 10.2. The van der Waals surface area contributed by atoms with Gasteiger partial charge in [-0.3, -0.25) is 15.0 Å². The molecule has 6 heteroatoms. The normalized spacial score (nSPS) is 14.9. The minimum atomic E-state index is -0.431. The molecule has 30 heavy (non-hydrogen) atoms. The summed E-state index contributed by atoms with van der Waals surface area (Å²) in [6.45, 7) is 2.50. The number of carbonyl (C=O) groups is 2. The van der Waals surface area contributed by atoms with Crippen LogP contribution in [0.2, 0.25) is 0 Å². The van der Waals surface area contributed by atoms with Crippen molar-refractivity contribution in [2.75, 3.05) is 5.01 Å². The lowest BCUT2D eigenvalue weighted by Crippen LogP contribution is -2.35. The standard InChI is InChI=1S/C24H19BrN2O3/c1-16-7-9-17(10-8-16)15-30-22-12-11-18(14-21(22)25)13-20-23(28)26-27(24(20)29)19-5-3-2-4-6-19/h2-14H,15H2,1H3,(H,26,28). The van der Waals surface area contributed by atoms with E-state index in [9.17, 15) is 9.59 Å². The smallest absolute Gasteiger partial charge is 0.282 e. The van der Waals surface area contributed by atoms with Crippen molar-refractivity contribution in [3.05, 3.63) is 99.5 Å². The van der Waals surface area contributed by atoms with Crippen molar-refractivity contribution in [3.8, 4) is 5.75 Å². The second-order valence-corrected chi connectivity index (χ2v) is 7.79. The van der Waals surface area contributed by atoms with Crippen LogP contribution in [0.5, 0.6) is 5.75 Å². The minimum absolute atomic E-state index is 0.0825. The Morgan fingerprint density at radius 2 is 1.73 bits per heavy atom. The van der Waals surface area contributed by atoms with Crippen LogP contribution in [0.1, 0.15) is 16.7 Å². The Morgan fingerprint density at radius 3 is 2.43 bits per heavy atom. The first-order valence-electron chi connectivity index (χ1n) is 9.41. The van der Waals surface area contributed by atoms with Gasteiger partial charge in [-0.2, -0.15) is 0 Å². The maximum atomic E-state index is 12.7. The van der Waals surface area contributed by atoms with Gasteiger partial charge in [0.2, 0.25) is 0 Å². The van der Waals surface area contributed by atoms with Gasteiger partial charge in [-0.05, 0) is 64.3 Å². The lowest BCUT2D eigenvalue weighted by atomic mass is 10.1. The highest BCUT2D eigenvalue weighted by atomic mass is 79.9. The lowest BCUT2D eigenvalue weighted by molar-refractivity contribution is -0.117. The molecular formula is C24H19BrN2O3. The Bertz CT molecular complexity index is 1120. The number of benzene rings is 3. The first-order chi connectivity index (χ1) is 14.5. The quantitative estimate of drug-likeness (QED) is 0.437. The predicted octanol–water partition coefficient (Wildman–Crippen LogP) is 4.80. The Hall–Kier alpha value is -3.38. The molecule has 1 saturated heterocycles. The Morgan fingerprint density at radius 1 is 1.00 bits per heavy atom. The Balaban J connectivity index is 1.50. The fraction of sp³-hybridized carbons (Fsp3) is 0.0833. The number of ether oxygens (including phenoxy) is 1. The van der Waals surface area contributed by atoms with Crippen LogP contribution in [0.25, 0.3) is 6.08 Å². The molecule has 1 fully saturated rings. The SMILES string of the molecule is Cc1ccc(COc2ccc(C=C3C(=O)NN(c4ccccc4)C3=O)cc2Br)cc1. The van der Waals surface area contributed by atoms with Crippen molar-refractivity contribution in [2.24, 2.45) is 0 Å². The van der Waals surface area contributed by atoms with Gasteiger partial charge in [0.1, 0.15) is 17.9 Å². The molecule has 0 saturated carbocycles. The number of aryl methyl sites for hydroxylation is 1. The molecule has 0 atom stereocenters. The van der Waals surface area contributed by atoms with Crippen LogP contribution in [0.3, 0.4) is 0 Å². The van der Waals surface area contributed by atoms with Gasteiger partial charge in [-0.1, -0.05) is 54.1 Å². The zero-order chi connectivity index (χ0) is 21.1. The molecular weight excluding hydrogens is 444 g/mol. The number of hydrogen-bond donors (Lipinski definition) is 1. The van der Waals surface area contributed by atoms with Crippen LogP contribution in [0, 0.1) is 6.92 Å². The fourth-order valence-corrected chi connectivity index (χ4v) is 3.56. The molecule has 1 N–H and O–H groups in total. The molecule has 0 radical (unpaired) electrons. The van der Waals surface area contributed by atoms with Gasteiger partial charge >= 0.3 is 0 Å². The summed E-state index contributed by atoms with van der Waals surface area (Å²) >= 11 is 3.51. The highest BCUT2D eigenvalue weighted by Crippen LogP contribution is 2.29. The fourth-order valence-electron chi connectivity index (χ4n) is 3.05. The number of carbonyl (C=O) groups excluding carboxylic acids is 2. The molecule has 3 aromatic rings. The minimum Gasteiger partial charge on any atom is -0.488 e. The predicted molar refractivity (Wildman–Crippen MR) is 120 cm³/mol. The van der Waals surface area contributed by atoms with Gasteiger partial charge in [-0.15, -0.1) is 0 Å². The van der Waals surface area contributed by atoms with Crippen LogP contribution in [-0.2, 0) is 16.2 Å². The molecule has 4 rings (SSSR count). The van der Waals surface area contributed by atoms with Crippen LogP contribution in [0.15, 0.2) is 82.8 Å². The number of nitrogens with one attached hydrogen (secondary N) is 1. The van der Waals surface area contributed by atoms with Gasteiger partial charge in [0.05, 0.1) is 10.2 Å². The van der Waals surface area contributed by atoms with Gasteiger partial charge in [0.15, 0.2) is 0 Å². The molecule has 150 valence electrons. The van der Waals surface area contributed by atoms with E-state index >= 15 is 0 Å². The molecule has 0 bridgehead atoms. The summed E-state index contributed by atoms with van der Waals surface area (Å²) in [5.74, 6) is -0.132. The molecule has 3 aromatic carbocycles. The number of nitrogens with zero attached hydrogens (tertiary/aromatic N) is 1. The monoisotopic (exact) mass is 462 g/mol. The van der Waals surface area contributed by atoms with Gasteiger partial charge in [-0.25, -0.2) is 5.01 Å². The van der Waals surface area contributed by atoms with Crippen LogP contribution in [0.4, 0.5) is 5.69 Å². The average Bonchev–Trinajstić information content (AvgIpc) is 3.03. The summed E-state index contributed by atoms with van der Waals surface area (Å²) in [6, 6.07) is 22.6. The lowest BCUT2D eigenvalue weighted by Gasteiger charge is -2.13. The highest BCUT2D eigenvalue weighted by Gasteiger charge is 2.34. The average molecular weight is 463 g/mol. The zero-order valence-electron chi connectivity index (χ0n) is 16.3. The molecule has 1 heterocycles. The number of hydrogen-bond acceptors (Lipinski definition) is 3.